The molecule has 2 atom stereocenters. The van der Waals surface area contributed by atoms with Crippen LogP contribution in [0.25, 0.3) is 0 Å². The molecule has 0 amide bonds. The van der Waals surface area contributed by atoms with Gasteiger partial charge in [-0.05, 0) is 24.3 Å². The van der Waals surface area contributed by atoms with Crippen molar-refractivity contribution in [2.75, 3.05) is 0 Å². The van der Waals surface area contributed by atoms with Crippen LogP contribution in [0.3, 0.4) is 0 Å². The summed E-state index contributed by atoms with van der Waals surface area (Å²) >= 11 is 0. The maximum atomic E-state index is 12.0. The Balaban J connectivity index is 0.00000364. The number of carbonyl (C=O) groups is 4. The first-order chi connectivity index (χ1) is 12.4. The molecular weight excluding hydrogens is 503 g/mol. The predicted octanol–water partition coefficient (Wildman–Crippen LogP) is 1.61. The Morgan fingerprint density at radius 2 is 0.926 bits per heavy atom. The maximum Gasteiger partial charge on any atom is 0.349 e. The van der Waals surface area contributed by atoms with Crippen molar-refractivity contribution in [3.8, 4) is 0 Å². The van der Waals surface area contributed by atoms with Crippen LogP contribution in [-0.2, 0) is 19.1 Å². The average molecular weight is 517 g/mol. The molecule has 8 nitrogen and oxygen atoms in total. The molecule has 9 heteroatoms. The molecular formula is C18H14O8Tb. The molecule has 0 bridgehead atoms. The summed E-state index contributed by atoms with van der Waals surface area (Å²) in [6.45, 7) is 0. The first-order valence-corrected chi connectivity index (χ1v) is 7.38. The second-order valence-corrected chi connectivity index (χ2v) is 5.06. The third-order valence-corrected chi connectivity index (χ3v) is 3.25. The smallest absolute Gasteiger partial charge is 0.349 e. The number of hydrogen-bond donors (Lipinski definition) is 2. The molecule has 0 fully saturated rings. The molecule has 0 aliphatic carbocycles. The Kier molecular flexibility index (Phi) is 8.96. The summed E-state index contributed by atoms with van der Waals surface area (Å²) in [6, 6.07) is 14.8. The third kappa shape index (κ3) is 6.37. The number of carboxylic acids is 2. The van der Waals surface area contributed by atoms with E-state index in [0.717, 1.165) is 0 Å². The Bertz CT molecular complexity index is 737. The van der Waals surface area contributed by atoms with E-state index < -0.39 is 36.1 Å². The summed E-state index contributed by atoms with van der Waals surface area (Å²) in [5.41, 5.74) is 0.0505. The van der Waals surface area contributed by atoms with Gasteiger partial charge >= 0.3 is 23.9 Å². The average Bonchev–Trinajstić information content (AvgIpc) is 2.65. The van der Waals surface area contributed by atoms with E-state index in [0.29, 0.717) is 0 Å². The molecule has 143 valence electrons. The minimum Gasteiger partial charge on any atom is -0.478 e. The number of aliphatic carboxylic acids is 2. The van der Waals surface area contributed by atoms with E-state index in [-0.39, 0.29) is 49.7 Å². The van der Waals surface area contributed by atoms with E-state index in [2.05, 4.69) is 0 Å². The zero-order valence-corrected chi connectivity index (χ0v) is 15.7. The predicted molar refractivity (Wildman–Crippen MR) is 86.6 cm³/mol. The zero-order chi connectivity index (χ0) is 19.1. The van der Waals surface area contributed by atoms with Gasteiger partial charge in [0, 0.05) is 38.6 Å². The molecule has 0 saturated carbocycles. The number of benzene rings is 2. The van der Waals surface area contributed by atoms with Crippen LogP contribution >= 0.6 is 0 Å². The van der Waals surface area contributed by atoms with Crippen molar-refractivity contribution in [1.82, 2.24) is 0 Å². The Morgan fingerprint density at radius 3 is 1.19 bits per heavy atom. The van der Waals surface area contributed by atoms with Crippen LogP contribution in [0.1, 0.15) is 20.7 Å². The third-order valence-electron chi connectivity index (χ3n) is 3.25. The SMILES string of the molecule is O=C(OC(C(=O)O)C(OC(=O)c1ccccc1)C(=O)O)c1ccccc1.[Tb]. The Hall–Kier alpha value is -2.39. The van der Waals surface area contributed by atoms with E-state index in [9.17, 15) is 29.4 Å². The van der Waals surface area contributed by atoms with Gasteiger partial charge in [0.25, 0.3) is 0 Å². The van der Waals surface area contributed by atoms with E-state index in [1.54, 1.807) is 12.1 Å². The summed E-state index contributed by atoms with van der Waals surface area (Å²) in [4.78, 5) is 46.8. The van der Waals surface area contributed by atoms with E-state index >= 15 is 0 Å². The summed E-state index contributed by atoms with van der Waals surface area (Å²) in [5, 5.41) is 18.5. The van der Waals surface area contributed by atoms with Gasteiger partial charge in [-0.15, -0.1) is 0 Å². The Morgan fingerprint density at radius 1 is 0.630 bits per heavy atom. The number of esters is 2. The quantitative estimate of drug-likeness (QED) is 0.531. The minimum absolute atomic E-state index is 0. The normalized spacial score (nSPS) is 12.0. The van der Waals surface area contributed by atoms with Crippen LogP contribution in [0.2, 0.25) is 0 Å². The Labute approximate surface area is 184 Å². The first kappa shape index (κ1) is 22.6. The number of ether oxygens (including phenoxy) is 2. The molecule has 2 aromatic rings. The molecule has 1 radical (unpaired) electrons. The van der Waals surface area contributed by atoms with Crippen molar-refractivity contribution in [3.05, 3.63) is 71.8 Å². The molecule has 27 heavy (non-hydrogen) atoms. The molecule has 0 aliphatic rings. The molecule has 2 N–H and O–H groups in total. The fraction of sp³-hybridized carbons (Fsp3) is 0.111. The van der Waals surface area contributed by atoms with Crippen LogP contribution < -0.4 is 0 Å². The molecule has 0 spiro atoms. The second kappa shape index (κ2) is 10.7. The van der Waals surface area contributed by atoms with E-state index in [1.807, 2.05) is 0 Å². The van der Waals surface area contributed by atoms with E-state index in [4.69, 9.17) is 9.47 Å². The largest absolute Gasteiger partial charge is 0.478 e. The molecule has 2 aromatic carbocycles. The van der Waals surface area contributed by atoms with Crippen molar-refractivity contribution < 1.29 is 77.5 Å². The van der Waals surface area contributed by atoms with Crippen LogP contribution in [-0.4, -0.2) is 46.3 Å². The topological polar surface area (TPSA) is 127 Å². The molecule has 0 aromatic heterocycles. The molecule has 2 rings (SSSR count). The van der Waals surface area contributed by atoms with Gasteiger partial charge in [0.1, 0.15) is 0 Å². The second-order valence-electron chi connectivity index (χ2n) is 5.06. The van der Waals surface area contributed by atoms with Crippen molar-refractivity contribution in [3.63, 3.8) is 0 Å². The van der Waals surface area contributed by atoms with Gasteiger partial charge in [-0.25, -0.2) is 19.2 Å². The summed E-state index contributed by atoms with van der Waals surface area (Å²) in [6.07, 6.45) is -4.43. The number of rotatable bonds is 7. The summed E-state index contributed by atoms with van der Waals surface area (Å²) in [5.74, 6) is -5.63. The molecule has 0 aliphatic heterocycles. The van der Waals surface area contributed by atoms with Crippen LogP contribution in [0, 0.1) is 38.6 Å². The fourth-order valence-corrected chi connectivity index (χ4v) is 2.00. The maximum absolute atomic E-state index is 12.0. The molecule has 2 unspecified atom stereocenters. The fourth-order valence-electron chi connectivity index (χ4n) is 2.00. The van der Waals surface area contributed by atoms with Crippen molar-refractivity contribution >= 4 is 23.9 Å². The summed E-state index contributed by atoms with van der Waals surface area (Å²) < 4.78 is 9.52. The standard InChI is InChI=1S/C18H14O8.Tb/c19-15(20)13(25-17(23)11-7-3-1-4-8-11)14(16(21)22)26-18(24)12-9-5-2-6-10-12;/h1-10,13-14H,(H,19,20)(H,21,22);. The van der Waals surface area contributed by atoms with Gasteiger partial charge in [0.2, 0.25) is 12.2 Å². The van der Waals surface area contributed by atoms with Crippen LogP contribution in [0.5, 0.6) is 0 Å². The van der Waals surface area contributed by atoms with E-state index in [1.165, 1.54) is 48.5 Å². The van der Waals surface area contributed by atoms with Gasteiger partial charge in [-0.2, -0.15) is 0 Å². The molecule has 0 saturated heterocycles. The van der Waals surface area contributed by atoms with Gasteiger partial charge in [0.15, 0.2) is 0 Å². The van der Waals surface area contributed by atoms with Crippen molar-refractivity contribution in [1.29, 1.82) is 0 Å². The van der Waals surface area contributed by atoms with Crippen LogP contribution in [0.15, 0.2) is 60.7 Å². The summed E-state index contributed by atoms with van der Waals surface area (Å²) in [7, 11) is 0. The van der Waals surface area contributed by atoms with Gasteiger partial charge < -0.3 is 19.7 Å². The number of carboxylic acid groups (broad SMARTS) is 2. The van der Waals surface area contributed by atoms with Gasteiger partial charge in [0.05, 0.1) is 11.1 Å². The van der Waals surface area contributed by atoms with Crippen LogP contribution in [0.4, 0.5) is 0 Å². The number of carbonyl (C=O) groups excluding carboxylic acids is 2. The first-order valence-electron chi connectivity index (χ1n) is 7.38. The number of hydrogen-bond acceptors (Lipinski definition) is 6. The van der Waals surface area contributed by atoms with Gasteiger partial charge in [-0.1, -0.05) is 36.4 Å². The molecule has 0 heterocycles. The monoisotopic (exact) mass is 517 g/mol. The zero-order valence-electron chi connectivity index (χ0n) is 13.6. The van der Waals surface area contributed by atoms with Crippen molar-refractivity contribution in [2.24, 2.45) is 0 Å². The minimum atomic E-state index is -2.21. The van der Waals surface area contributed by atoms with Crippen molar-refractivity contribution in [2.45, 2.75) is 12.2 Å². The van der Waals surface area contributed by atoms with Gasteiger partial charge in [-0.3, -0.25) is 0 Å².